The second-order valence-electron chi connectivity index (χ2n) is 3.21. The molecule has 1 rings (SSSR count). The van der Waals surface area contributed by atoms with Gasteiger partial charge in [-0.15, -0.1) is 6.42 Å². The van der Waals surface area contributed by atoms with Crippen molar-refractivity contribution in [2.45, 2.75) is 19.4 Å². The lowest BCUT2D eigenvalue weighted by atomic mass is 10.2. The Morgan fingerprint density at radius 3 is 2.73 bits per heavy atom. The Kier molecular flexibility index (Phi) is 5.21. The number of benzene rings is 1. The zero-order valence-corrected chi connectivity index (χ0v) is 8.61. The highest BCUT2D eigenvalue weighted by Gasteiger charge is 1.96. The van der Waals surface area contributed by atoms with Crippen LogP contribution in [0.1, 0.15) is 18.4 Å². The van der Waals surface area contributed by atoms with Crippen molar-refractivity contribution in [3.63, 3.8) is 0 Å². The third-order valence-electron chi connectivity index (χ3n) is 1.97. The van der Waals surface area contributed by atoms with E-state index in [9.17, 15) is 4.79 Å². The van der Waals surface area contributed by atoms with Gasteiger partial charge in [-0.3, -0.25) is 4.79 Å². The molecule has 78 valence electrons. The van der Waals surface area contributed by atoms with E-state index in [-0.39, 0.29) is 5.78 Å². The zero-order valence-electron chi connectivity index (χ0n) is 8.61. The Labute approximate surface area is 90.3 Å². The summed E-state index contributed by atoms with van der Waals surface area (Å²) < 4.78 is 5.39. The molecular formula is C13H14O2. The molecule has 0 amide bonds. The second-order valence-corrected chi connectivity index (χ2v) is 3.21. The fourth-order valence-electron chi connectivity index (χ4n) is 1.17. The van der Waals surface area contributed by atoms with E-state index >= 15 is 0 Å². The quantitative estimate of drug-likeness (QED) is 0.401. The van der Waals surface area contributed by atoms with Crippen molar-refractivity contribution < 1.29 is 9.53 Å². The van der Waals surface area contributed by atoms with E-state index in [1.54, 1.807) is 0 Å². The van der Waals surface area contributed by atoms with E-state index < -0.39 is 0 Å². The first-order chi connectivity index (χ1) is 7.33. The summed E-state index contributed by atoms with van der Waals surface area (Å²) in [6.07, 6.45) is 6.04. The minimum absolute atomic E-state index is 0.154. The van der Waals surface area contributed by atoms with Crippen LogP contribution in [0.4, 0.5) is 0 Å². The molecule has 0 unspecified atom stereocenters. The second kappa shape index (κ2) is 6.80. The van der Waals surface area contributed by atoms with Crippen LogP contribution in [-0.2, 0) is 16.1 Å². The molecule has 0 atom stereocenters. The number of hydrogen-bond acceptors (Lipinski definition) is 2. The van der Waals surface area contributed by atoms with Crippen molar-refractivity contribution >= 4 is 5.78 Å². The maximum absolute atomic E-state index is 10.8. The zero-order chi connectivity index (χ0) is 10.9. The van der Waals surface area contributed by atoms with Crippen LogP contribution in [-0.4, -0.2) is 12.4 Å². The smallest absolute Gasteiger partial charge is 0.205 e. The summed E-state index contributed by atoms with van der Waals surface area (Å²) in [4.78, 5) is 10.8. The monoisotopic (exact) mass is 202 g/mol. The Hall–Kier alpha value is -1.59. The number of carbonyl (C=O) groups is 1. The molecule has 2 nitrogen and oxygen atoms in total. The van der Waals surface area contributed by atoms with Gasteiger partial charge in [0, 0.05) is 13.0 Å². The molecule has 1 aromatic carbocycles. The van der Waals surface area contributed by atoms with Gasteiger partial charge in [-0.05, 0) is 17.9 Å². The van der Waals surface area contributed by atoms with Gasteiger partial charge in [0.25, 0.3) is 0 Å². The molecule has 0 fully saturated rings. The van der Waals surface area contributed by atoms with E-state index in [1.807, 2.05) is 30.3 Å². The third-order valence-corrected chi connectivity index (χ3v) is 1.97. The van der Waals surface area contributed by atoms with Crippen LogP contribution < -0.4 is 0 Å². The maximum Gasteiger partial charge on any atom is 0.205 e. The number of rotatable bonds is 6. The molecule has 0 aromatic heterocycles. The van der Waals surface area contributed by atoms with Crippen molar-refractivity contribution in [1.29, 1.82) is 0 Å². The Morgan fingerprint density at radius 2 is 2.07 bits per heavy atom. The average Bonchev–Trinajstić information content (AvgIpc) is 2.29. The van der Waals surface area contributed by atoms with Crippen LogP contribution in [0.2, 0.25) is 0 Å². The summed E-state index contributed by atoms with van der Waals surface area (Å²) in [6, 6.07) is 9.93. The molecule has 0 aliphatic carbocycles. The van der Waals surface area contributed by atoms with Crippen molar-refractivity contribution in [2.75, 3.05) is 6.61 Å². The van der Waals surface area contributed by atoms with Crippen molar-refractivity contribution in [3.05, 3.63) is 35.9 Å². The summed E-state index contributed by atoms with van der Waals surface area (Å²) in [6.45, 7) is 1.16. The molecule has 0 aliphatic heterocycles. The molecule has 0 saturated carbocycles. The summed E-state index contributed by atoms with van der Waals surface area (Å²) in [5.41, 5.74) is 1.14. The number of terminal acetylenes is 1. The molecule has 0 bridgehead atoms. The van der Waals surface area contributed by atoms with E-state index in [0.29, 0.717) is 26.1 Å². The van der Waals surface area contributed by atoms with Gasteiger partial charge in [-0.2, -0.15) is 0 Å². The molecule has 0 N–H and O–H groups in total. The number of hydrogen-bond donors (Lipinski definition) is 0. The fraction of sp³-hybridized carbons (Fsp3) is 0.308. The van der Waals surface area contributed by atoms with Crippen molar-refractivity contribution in [3.8, 4) is 12.3 Å². The van der Waals surface area contributed by atoms with Crippen LogP contribution in [0.5, 0.6) is 0 Å². The average molecular weight is 202 g/mol. The molecule has 0 heterocycles. The largest absolute Gasteiger partial charge is 0.377 e. The lowest BCUT2D eigenvalue weighted by Gasteiger charge is -2.02. The lowest BCUT2D eigenvalue weighted by Crippen LogP contribution is -1.99. The van der Waals surface area contributed by atoms with Gasteiger partial charge in [0.2, 0.25) is 5.78 Å². The third kappa shape index (κ3) is 4.99. The molecule has 0 aliphatic rings. The normalized spacial score (nSPS) is 9.53. The lowest BCUT2D eigenvalue weighted by molar-refractivity contribution is -0.114. The number of Topliss-reactive ketones (excluding diaryl/α,β-unsaturated/α-hetero) is 1. The van der Waals surface area contributed by atoms with Gasteiger partial charge < -0.3 is 4.74 Å². The first kappa shape index (κ1) is 11.5. The molecule has 15 heavy (non-hydrogen) atoms. The van der Waals surface area contributed by atoms with E-state index in [4.69, 9.17) is 11.2 Å². The standard InChI is InChI=1S/C13H14O2/c1-2-13(14)9-6-10-15-11-12-7-4-3-5-8-12/h1,3-5,7-8H,6,9-11H2. The number of ether oxygens (including phenoxy) is 1. The predicted octanol–water partition coefficient (Wildman–Crippen LogP) is 2.19. The molecule has 0 saturated heterocycles. The molecule has 0 radical (unpaired) electrons. The van der Waals surface area contributed by atoms with Crippen molar-refractivity contribution in [2.24, 2.45) is 0 Å². The summed E-state index contributed by atoms with van der Waals surface area (Å²) >= 11 is 0. The van der Waals surface area contributed by atoms with Gasteiger partial charge >= 0.3 is 0 Å². The van der Waals surface area contributed by atoms with Crippen LogP contribution in [0.3, 0.4) is 0 Å². The maximum atomic E-state index is 10.8. The predicted molar refractivity (Wildman–Crippen MR) is 59.2 cm³/mol. The summed E-state index contributed by atoms with van der Waals surface area (Å²) in [5, 5.41) is 0. The van der Waals surface area contributed by atoms with Gasteiger partial charge in [0.1, 0.15) is 0 Å². The van der Waals surface area contributed by atoms with E-state index in [1.165, 1.54) is 0 Å². The van der Waals surface area contributed by atoms with Crippen LogP contribution in [0.25, 0.3) is 0 Å². The number of carbonyl (C=O) groups excluding carboxylic acids is 1. The molecule has 2 heteroatoms. The topological polar surface area (TPSA) is 26.3 Å². The Morgan fingerprint density at radius 1 is 1.33 bits per heavy atom. The van der Waals surface area contributed by atoms with Gasteiger partial charge in [-0.25, -0.2) is 0 Å². The Balaban J connectivity index is 2.08. The van der Waals surface area contributed by atoms with Crippen LogP contribution in [0, 0.1) is 12.3 Å². The molecule has 0 spiro atoms. The molecule has 1 aromatic rings. The van der Waals surface area contributed by atoms with Gasteiger partial charge in [-0.1, -0.05) is 30.3 Å². The van der Waals surface area contributed by atoms with Crippen LogP contribution in [0.15, 0.2) is 30.3 Å². The minimum atomic E-state index is -0.154. The van der Waals surface area contributed by atoms with E-state index in [2.05, 4.69) is 5.92 Å². The van der Waals surface area contributed by atoms with Gasteiger partial charge in [0.15, 0.2) is 0 Å². The fourth-order valence-corrected chi connectivity index (χ4v) is 1.17. The summed E-state index contributed by atoms with van der Waals surface area (Å²) in [7, 11) is 0. The number of ketones is 1. The van der Waals surface area contributed by atoms with Crippen molar-refractivity contribution in [1.82, 2.24) is 0 Å². The first-order valence-corrected chi connectivity index (χ1v) is 4.94. The Bertz CT molecular complexity index is 335. The van der Waals surface area contributed by atoms with E-state index in [0.717, 1.165) is 5.56 Å². The summed E-state index contributed by atoms with van der Waals surface area (Å²) in [5.74, 6) is 1.92. The highest BCUT2D eigenvalue weighted by molar-refractivity contribution is 5.94. The van der Waals surface area contributed by atoms with Gasteiger partial charge in [0.05, 0.1) is 6.61 Å². The van der Waals surface area contributed by atoms with Crippen LogP contribution >= 0.6 is 0 Å². The first-order valence-electron chi connectivity index (χ1n) is 4.94. The molecular weight excluding hydrogens is 188 g/mol. The minimum Gasteiger partial charge on any atom is -0.377 e. The SMILES string of the molecule is C#CC(=O)CCCOCc1ccccc1. The highest BCUT2D eigenvalue weighted by Crippen LogP contribution is 2.01. The highest BCUT2D eigenvalue weighted by atomic mass is 16.5.